The van der Waals surface area contributed by atoms with Gasteiger partial charge in [-0.3, -0.25) is 9.36 Å². The summed E-state index contributed by atoms with van der Waals surface area (Å²) >= 11 is 0. The fourth-order valence-corrected chi connectivity index (χ4v) is 3.55. The van der Waals surface area contributed by atoms with Gasteiger partial charge >= 0.3 is 0 Å². The SMILES string of the molecule is CS(=O)(=O)N1CCc2c(ncn(CCOc3ccc(C#N)cc3)c2=O)C1. The van der Waals surface area contributed by atoms with Crippen LogP contribution in [0.3, 0.4) is 0 Å². The quantitative estimate of drug-likeness (QED) is 0.755. The molecule has 1 aromatic heterocycles. The van der Waals surface area contributed by atoms with Gasteiger partial charge in [-0.05, 0) is 30.7 Å². The van der Waals surface area contributed by atoms with E-state index in [4.69, 9.17) is 10.00 Å². The van der Waals surface area contributed by atoms with Crippen molar-refractivity contribution in [2.45, 2.75) is 19.5 Å². The van der Waals surface area contributed by atoms with Gasteiger partial charge in [-0.15, -0.1) is 0 Å². The predicted octanol–water partition coefficient (Wildman–Crippen LogP) is 0.512. The molecule has 2 aromatic rings. The van der Waals surface area contributed by atoms with Crippen LogP contribution in [0.5, 0.6) is 5.75 Å². The van der Waals surface area contributed by atoms with Crippen molar-refractivity contribution in [1.29, 1.82) is 5.26 Å². The highest BCUT2D eigenvalue weighted by atomic mass is 32.2. The van der Waals surface area contributed by atoms with Crippen LogP contribution in [0.25, 0.3) is 0 Å². The molecule has 0 N–H and O–H groups in total. The minimum Gasteiger partial charge on any atom is -0.492 e. The Bertz CT molecular complexity index is 1010. The Balaban J connectivity index is 1.67. The lowest BCUT2D eigenvalue weighted by atomic mass is 10.1. The number of aromatic nitrogens is 2. The Morgan fingerprint density at radius 1 is 1.31 bits per heavy atom. The zero-order chi connectivity index (χ0) is 18.7. The van der Waals surface area contributed by atoms with Gasteiger partial charge in [0.1, 0.15) is 12.4 Å². The number of benzene rings is 1. The Kier molecular flexibility index (Phi) is 5.06. The third-order valence-electron chi connectivity index (χ3n) is 4.21. The van der Waals surface area contributed by atoms with Crippen molar-refractivity contribution in [2.24, 2.45) is 0 Å². The molecule has 0 saturated carbocycles. The highest BCUT2D eigenvalue weighted by Gasteiger charge is 2.26. The van der Waals surface area contributed by atoms with Crippen molar-refractivity contribution in [2.75, 3.05) is 19.4 Å². The molecule has 0 aliphatic carbocycles. The topological polar surface area (TPSA) is 105 Å². The molecule has 0 amide bonds. The molecule has 0 unspecified atom stereocenters. The number of nitrogens with zero attached hydrogens (tertiary/aromatic N) is 4. The molecule has 2 heterocycles. The van der Waals surface area contributed by atoms with E-state index in [2.05, 4.69) is 4.98 Å². The molecule has 0 bridgehead atoms. The third-order valence-corrected chi connectivity index (χ3v) is 5.46. The molecule has 3 rings (SSSR count). The second-order valence-electron chi connectivity index (χ2n) is 6.00. The van der Waals surface area contributed by atoms with Gasteiger partial charge in [-0.2, -0.15) is 9.57 Å². The average Bonchev–Trinajstić information content (AvgIpc) is 2.63. The summed E-state index contributed by atoms with van der Waals surface area (Å²) in [5, 5.41) is 8.77. The monoisotopic (exact) mass is 374 g/mol. The Morgan fingerprint density at radius 3 is 2.69 bits per heavy atom. The Hall–Kier alpha value is -2.70. The number of fused-ring (bicyclic) bond motifs is 1. The average molecular weight is 374 g/mol. The first-order chi connectivity index (χ1) is 12.4. The number of sulfonamides is 1. The number of hydrogen-bond donors (Lipinski definition) is 0. The molecule has 0 radical (unpaired) electrons. The van der Waals surface area contributed by atoms with E-state index in [1.807, 2.05) is 6.07 Å². The first-order valence-corrected chi connectivity index (χ1v) is 9.88. The second kappa shape index (κ2) is 7.27. The van der Waals surface area contributed by atoms with Crippen LogP contribution in [0.1, 0.15) is 16.8 Å². The zero-order valence-corrected chi connectivity index (χ0v) is 15.1. The molecule has 1 aromatic carbocycles. The molecule has 0 spiro atoms. The van der Waals surface area contributed by atoms with Gasteiger partial charge in [-0.1, -0.05) is 0 Å². The highest BCUT2D eigenvalue weighted by molar-refractivity contribution is 7.88. The van der Waals surface area contributed by atoms with Crippen LogP contribution < -0.4 is 10.3 Å². The van der Waals surface area contributed by atoms with Crippen LogP contribution >= 0.6 is 0 Å². The van der Waals surface area contributed by atoms with E-state index < -0.39 is 10.0 Å². The summed E-state index contributed by atoms with van der Waals surface area (Å²) in [6.45, 7) is 1.02. The summed E-state index contributed by atoms with van der Waals surface area (Å²) in [6, 6.07) is 8.76. The van der Waals surface area contributed by atoms with E-state index in [0.29, 0.717) is 35.5 Å². The summed E-state index contributed by atoms with van der Waals surface area (Å²) in [5.41, 5.74) is 1.46. The number of hydrogen-bond acceptors (Lipinski definition) is 6. The van der Waals surface area contributed by atoms with Crippen molar-refractivity contribution in [3.05, 3.63) is 57.8 Å². The molecule has 0 saturated heterocycles. The van der Waals surface area contributed by atoms with Crippen LogP contribution in [0.15, 0.2) is 35.4 Å². The molecular weight excluding hydrogens is 356 g/mol. The van der Waals surface area contributed by atoms with Crippen molar-refractivity contribution in [1.82, 2.24) is 13.9 Å². The number of rotatable bonds is 5. The third kappa shape index (κ3) is 3.92. The van der Waals surface area contributed by atoms with Crippen molar-refractivity contribution >= 4 is 10.0 Å². The molecule has 0 fully saturated rings. The Morgan fingerprint density at radius 2 is 2.04 bits per heavy atom. The molecule has 1 aliphatic heterocycles. The van der Waals surface area contributed by atoms with E-state index in [0.717, 1.165) is 6.26 Å². The number of ether oxygens (including phenoxy) is 1. The maximum Gasteiger partial charge on any atom is 0.256 e. The first kappa shape index (κ1) is 18.1. The lowest BCUT2D eigenvalue weighted by molar-refractivity contribution is 0.294. The van der Waals surface area contributed by atoms with E-state index in [-0.39, 0.29) is 25.3 Å². The normalized spacial score (nSPS) is 14.5. The summed E-state index contributed by atoms with van der Waals surface area (Å²) in [7, 11) is -3.30. The highest BCUT2D eigenvalue weighted by Crippen LogP contribution is 2.16. The lowest BCUT2D eigenvalue weighted by Crippen LogP contribution is -2.40. The van der Waals surface area contributed by atoms with Crippen molar-refractivity contribution in [3.63, 3.8) is 0 Å². The molecule has 0 atom stereocenters. The molecule has 9 heteroatoms. The predicted molar refractivity (Wildman–Crippen MR) is 94.1 cm³/mol. The van der Waals surface area contributed by atoms with E-state index in [1.54, 1.807) is 24.3 Å². The number of nitriles is 1. The van der Waals surface area contributed by atoms with Gasteiger partial charge in [0, 0.05) is 12.1 Å². The smallest absolute Gasteiger partial charge is 0.256 e. The fourth-order valence-electron chi connectivity index (χ4n) is 2.77. The summed E-state index contributed by atoms with van der Waals surface area (Å²) in [5.74, 6) is 0.617. The van der Waals surface area contributed by atoms with Gasteiger partial charge < -0.3 is 4.74 Å². The first-order valence-electron chi connectivity index (χ1n) is 8.04. The van der Waals surface area contributed by atoms with E-state index >= 15 is 0 Å². The molecule has 26 heavy (non-hydrogen) atoms. The van der Waals surface area contributed by atoms with Crippen LogP contribution in [-0.4, -0.2) is 41.7 Å². The lowest BCUT2D eigenvalue weighted by Gasteiger charge is -2.25. The van der Waals surface area contributed by atoms with Gasteiger partial charge in [0.05, 0.1) is 43.0 Å². The van der Waals surface area contributed by atoms with Gasteiger partial charge in [0.2, 0.25) is 10.0 Å². The van der Waals surface area contributed by atoms with Crippen LogP contribution in [0.2, 0.25) is 0 Å². The fraction of sp³-hybridized carbons (Fsp3) is 0.353. The standard InChI is InChI=1S/C17H18N4O4S/c1-26(23,24)21-7-6-15-16(11-21)19-12-20(17(15)22)8-9-25-14-4-2-13(10-18)3-5-14/h2-5,12H,6-9,11H2,1H3. The minimum atomic E-state index is -3.30. The largest absolute Gasteiger partial charge is 0.492 e. The Labute approximate surface area is 151 Å². The molecule has 8 nitrogen and oxygen atoms in total. The van der Waals surface area contributed by atoms with Gasteiger partial charge in [-0.25, -0.2) is 13.4 Å². The van der Waals surface area contributed by atoms with Crippen LogP contribution in [-0.2, 0) is 29.5 Å². The zero-order valence-electron chi connectivity index (χ0n) is 14.3. The summed E-state index contributed by atoms with van der Waals surface area (Å²) < 4.78 is 31.7. The van der Waals surface area contributed by atoms with Crippen LogP contribution in [0, 0.1) is 11.3 Å². The maximum atomic E-state index is 12.6. The van der Waals surface area contributed by atoms with Crippen molar-refractivity contribution < 1.29 is 13.2 Å². The van der Waals surface area contributed by atoms with Crippen LogP contribution in [0.4, 0.5) is 0 Å². The molecule has 1 aliphatic rings. The molecular formula is C17H18N4O4S. The summed E-state index contributed by atoms with van der Waals surface area (Å²) in [6.07, 6.45) is 2.93. The maximum absolute atomic E-state index is 12.6. The summed E-state index contributed by atoms with van der Waals surface area (Å²) in [4.78, 5) is 16.8. The van der Waals surface area contributed by atoms with E-state index in [9.17, 15) is 13.2 Å². The van der Waals surface area contributed by atoms with Gasteiger partial charge in [0.15, 0.2) is 0 Å². The molecule has 136 valence electrons. The van der Waals surface area contributed by atoms with E-state index in [1.165, 1.54) is 15.2 Å². The second-order valence-corrected chi connectivity index (χ2v) is 7.98. The van der Waals surface area contributed by atoms with Crippen molar-refractivity contribution in [3.8, 4) is 11.8 Å². The minimum absolute atomic E-state index is 0.131. The van der Waals surface area contributed by atoms with Gasteiger partial charge in [0.25, 0.3) is 5.56 Å².